The monoisotopic (exact) mass is 314 g/mol. The van der Waals surface area contributed by atoms with E-state index in [0.717, 1.165) is 24.3 Å². The average Bonchev–Trinajstić information content (AvgIpc) is 3.10. The fraction of sp³-hybridized carbons (Fsp3) is 0.412. The second-order valence-electron chi connectivity index (χ2n) is 5.69. The standard InChI is InChI=1S/C17H22N4O2/c1-14(19-17(22)13-20-9-11-23-12-10-20)15-5-2-3-6-16(15)21-8-4-7-18-21/h2-8,14H,9-13H2,1H3,(H,19,22). The van der Waals surface area contributed by atoms with Gasteiger partial charge in [0.25, 0.3) is 0 Å². The number of ether oxygens (including phenoxy) is 1. The van der Waals surface area contributed by atoms with Crippen molar-refractivity contribution >= 4 is 5.91 Å². The zero-order valence-corrected chi connectivity index (χ0v) is 13.3. The average molecular weight is 314 g/mol. The van der Waals surface area contributed by atoms with Crippen LogP contribution in [0.3, 0.4) is 0 Å². The Morgan fingerprint density at radius 2 is 2.09 bits per heavy atom. The molecule has 1 unspecified atom stereocenters. The molecule has 2 heterocycles. The largest absolute Gasteiger partial charge is 0.379 e. The molecule has 0 aliphatic carbocycles. The van der Waals surface area contributed by atoms with Crippen molar-refractivity contribution in [1.82, 2.24) is 20.0 Å². The zero-order chi connectivity index (χ0) is 16.1. The van der Waals surface area contributed by atoms with E-state index in [0.29, 0.717) is 19.8 Å². The summed E-state index contributed by atoms with van der Waals surface area (Å²) in [6.07, 6.45) is 3.65. The van der Waals surface area contributed by atoms with Crippen LogP contribution in [0.1, 0.15) is 18.5 Å². The third kappa shape index (κ3) is 3.97. The third-order valence-electron chi connectivity index (χ3n) is 4.00. The number of para-hydroxylation sites is 1. The molecule has 1 aromatic heterocycles. The van der Waals surface area contributed by atoms with Crippen molar-refractivity contribution in [2.45, 2.75) is 13.0 Å². The molecular weight excluding hydrogens is 292 g/mol. The van der Waals surface area contributed by atoms with Gasteiger partial charge in [0, 0.05) is 25.5 Å². The lowest BCUT2D eigenvalue weighted by molar-refractivity contribution is -0.123. The summed E-state index contributed by atoms with van der Waals surface area (Å²) < 4.78 is 7.13. The maximum atomic E-state index is 12.3. The summed E-state index contributed by atoms with van der Waals surface area (Å²) in [5.74, 6) is 0.0367. The van der Waals surface area contributed by atoms with Gasteiger partial charge in [0.1, 0.15) is 0 Å². The Hall–Kier alpha value is -2.18. The van der Waals surface area contributed by atoms with E-state index in [-0.39, 0.29) is 11.9 Å². The number of nitrogens with zero attached hydrogens (tertiary/aromatic N) is 3. The van der Waals surface area contributed by atoms with Crippen molar-refractivity contribution in [1.29, 1.82) is 0 Å². The molecule has 1 fully saturated rings. The van der Waals surface area contributed by atoms with Crippen LogP contribution in [0.25, 0.3) is 5.69 Å². The molecule has 1 aliphatic rings. The summed E-state index contributed by atoms with van der Waals surface area (Å²) in [5, 5.41) is 7.37. The highest BCUT2D eigenvalue weighted by Crippen LogP contribution is 2.20. The molecule has 1 aromatic carbocycles. The lowest BCUT2D eigenvalue weighted by Gasteiger charge is -2.26. The maximum absolute atomic E-state index is 12.3. The van der Waals surface area contributed by atoms with Crippen LogP contribution in [0.15, 0.2) is 42.7 Å². The molecule has 6 heteroatoms. The molecule has 0 spiro atoms. The molecule has 23 heavy (non-hydrogen) atoms. The van der Waals surface area contributed by atoms with E-state index in [9.17, 15) is 4.79 Å². The summed E-state index contributed by atoms with van der Waals surface area (Å²) >= 11 is 0. The third-order valence-corrected chi connectivity index (χ3v) is 4.00. The fourth-order valence-corrected chi connectivity index (χ4v) is 2.80. The predicted octanol–water partition coefficient (Wildman–Crippen LogP) is 1.38. The highest BCUT2D eigenvalue weighted by Gasteiger charge is 2.18. The van der Waals surface area contributed by atoms with E-state index in [1.807, 2.05) is 48.1 Å². The molecule has 1 atom stereocenters. The molecule has 0 radical (unpaired) electrons. The summed E-state index contributed by atoms with van der Waals surface area (Å²) in [6, 6.07) is 9.79. The molecule has 1 N–H and O–H groups in total. The minimum atomic E-state index is -0.0797. The topological polar surface area (TPSA) is 59.4 Å². The van der Waals surface area contributed by atoms with Crippen molar-refractivity contribution < 1.29 is 9.53 Å². The van der Waals surface area contributed by atoms with Gasteiger partial charge in [-0.1, -0.05) is 18.2 Å². The second kappa shape index (κ2) is 7.39. The summed E-state index contributed by atoms with van der Waals surface area (Å²) in [6.45, 7) is 5.43. The lowest BCUT2D eigenvalue weighted by atomic mass is 10.1. The van der Waals surface area contributed by atoms with E-state index < -0.39 is 0 Å². The van der Waals surface area contributed by atoms with E-state index in [1.165, 1.54) is 0 Å². The van der Waals surface area contributed by atoms with Gasteiger partial charge in [-0.3, -0.25) is 9.69 Å². The highest BCUT2D eigenvalue weighted by atomic mass is 16.5. The Kier molecular flexibility index (Phi) is 5.05. The van der Waals surface area contributed by atoms with E-state index in [4.69, 9.17) is 4.74 Å². The number of morpholine rings is 1. The van der Waals surface area contributed by atoms with E-state index in [1.54, 1.807) is 6.20 Å². The Labute approximate surface area is 136 Å². The minimum absolute atomic E-state index is 0.0367. The van der Waals surface area contributed by atoms with Crippen molar-refractivity contribution in [3.8, 4) is 5.69 Å². The first-order valence-corrected chi connectivity index (χ1v) is 7.92. The predicted molar refractivity (Wildman–Crippen MR) is 87.4 cm³/mol. The first-order chi connectivity index (χ1) is 11.2. The van der Waals surface area contributed by atoms with Crippen molar-refractivity contribution in [3.63, 3.8) is 0 Å². The van der Waals surface area contributed by atoms with Gasteiger partial charge in [0.05, 0.1) is 31.5 Å². The number of nitrogens with one attached hydrogen (secondary N) is 1. The van der Waals surface area contributed by atoms with Gasteiger partial charge < -0.3 is 10.1 Å². The second-order valence-corrected chi connectivity index (χ2v) is 5.69. The highest BCUT2D eigenvalue weighted by molar-refractivity contribution is 5.78. The molecule has 3 rings (SSSR count). The Morgan fingerprint density at radius 1 is 1.30 bits per heavy atom. The number of hydrogen-bond acceptors (Lipinski definition) is 4. The first kappa shape index (κ1) is 15.7. The van der Waals surface area contributed by atoms with Gasteiger partial charge in [-0.2, -0.15) is 5.10 Å². The summed E-state index contributed by atoms with van der Waals surface area (Å²) in [7, 11) is 0. The summed E-state index contributed by atoms with van der Waals surface area (Å²) in [5.41, 5.74) is 2.03. The van der Waals surface area contributed by atoms with Gasteiger partial charge in [-0.25, -0.2) is 4.68 Å². The van der Waals surface area contributed by atoms with Gasteiger partial charge in [0.2, 0.25) is 5.91 Å². The van der Waals surface area contributed by atoms with Crippen molar-refractivity contribution in [2.75, 3.05) is 32.8 Å². The molecule has 2 aromatic rings. The van der Waals surface area contributed by atoms with E-state index in [2.05, 4.69) is 15.3 Å². The first-order valence-electron chi connectivity index (χ1n) is 7.92. The molecule has 1 aliphatic heterocycles. The number of carbonyl (C=O) groups excluding carboxylic acids is 1. The van der Waals surface area contributed by atoms with Gasteiger partial charge in [0.15, 0.2) is 0 Å². The maximum Gasteiger partial charge on any atom is 0.234 e. The van der Waals surface area contributed by atoms with Crippen LogP contribution in [0.2, 0.25) is 0 Å². The van der Waals surface area contributed by atoms with Crippen molar-refractivity contribution in [3.05, 3.63) is 48.3 Å². The molecule has 122 valence electrons. The number of aromatic nitrogens is 2. The lowest BCUT2D eigenvalue weighted by Crippen LogP contribution is -2.43. The number of benzene rings is 1. The fourth-order valence-electron chi connectivity index (χ4n) is 2.80. The van der Waals surface area contributed by atoms with Gasteiger partial charge >= 0.3 is 0 Å². The van der Waals surface area contributed by atoms with Crippen LogP contribution < -0.4 is 5.32 Å². The molecular formula is C17H22N4O2. The van der Waals surface area contributed by atoms with Crippen LogP contribution in [-0.4, -0.2) is 53.4 Å². The molecule has 6 nitrogen and oxygen atoms in total. The quantitative estimate of drug-likeness (QED) is 0.906. The number of carbonyl (C=O) groups is 1. The molecule has 1 amide bonds. The van der Waals surface area contributed by atoms with E-state index >= 15 is 0 Å². The number of rotatable bonds is 5. The van der Waals surface area contributed by atoms with Crippen LogP contribution in [0.4, 0.5) is 0 Å². The van der Waals surface area contributed by atoms with Crippen LogP contribution in [-0.2, 0) is 9.53 Å². The Balaban J connectivity index is 1.66. The minimum Gasteiger partial charge on any atom is -0.379 e. The van der Waals surface area contributed by atoms with Crippen molar-refractivity contribution in [2.24, 2.45) is 0 Å². The number of amides is 1. The smallest absolute Gasteiger partial charge is 0.234 e. The summed E-state index contributed by atoms with van der Waals surface area (Å²) in [4.78, 5) is 14.4. The Bertz CT molecular complexity index is 636. The van der Waals surface area contributed by atoms with Crippen LogP contribution in [0, 0.1) is 0 Å². The van der Waals surface area contributed by atoms with Gasteiger partial charge in [-0.15, -0.1) is 0 Å². The molecule has 0 saturated carbocycles. The Morgan fingerprint density at radius 3 is 2.83 bits per heavy atom. The van der Waals surface area contributed by atoms with Crippen LogP contribution in [0.5, 0.6) is 0 Å². The number of hydrogen-bond donors (Lipinski definition) is 1. The van der Waals surface area contributed by atoms with Crippen LogP contribution >= 0.6 is 0 Å². The molecule has 1 saturated heterocycles. The zero-order valence-electron chi connectivity index (χ0n) is 13.3. The molecule has 0 bridgehead atoms. The SMILES string of the molecule is CC(NC(=O)CN1CCOCC1)c1ccccc1-n1cccn1. The van der Waals surface area contributed by atoms with Gasteiger partial charge in [-0.05, 0) is 24.6 Å². The normalized spacial score (nSPS) is 16.9.